The van der Waals surface area contributed by atoms with Crippen LogP contribution >= 0.6 is 11.8 Å². The summed E-state index contributed by atoms with van der Waals surface area (Å²) in [6.07, 6.45) is 2.17. The van der Waals surface area contributed by atoms with Crippen molar-refractivity contribution in [1.29, 1.82) is 0 Å². The summed E-state index contributed by atoms with van der Waals surface area (Å²) in [4.78, 5) is 0. The largest absolute Gasteiger partial charge is 0.157 e. The molecule has 1 aromatic carbocycles. The van der Waals surface area contributed by atoms with Crippen LogP contribution < -0.4 is 0 Å². The first-order chi connectivity index (χ1) is 6.06. The van der Waals surface area contributed by atoms with E-state index in [-0.39, 0.29) is 0 Å². The topological polar surface area (TPSA) is 0 Å². The van der Waals surface area contributed by atoms with Gasteiger partial charge in [-0.3, -0.25) is 0 Å². The molecular weight excluding hydrogens is 176 g/mol. The SMILES string of the molecule is CSC(C)c1c(C)cc(C)cc1C. The van der Waals surface area contributed by atoms with Crippen molar-refractivity contribution in [2.75, 3.05) is 6.26 Å². The highest BCUT2D eigenvalue weighted by molar-refractivity contribution is 7.98. The minimum atomic E-state index is 0.612. The highest BCUT2D eigenvalue weighted by atomic mass is 32.2. The van der Waals surface area contributed by atoms with Crippen LogP contribution in [0, 0.1) is 20.8 Å². The van der Waals surface area contributed by atoms with Crippen molar-refractivity contribution in [3.8, 4) is 0 Å². The molecule has 0 nitrogen and oxygen atoms in total. The van der Waals surface area contributed by atoms with Gasteiger partial charge in [-0.1, -0.05) is 17.7 Å². The maximum absolute atomic E-state index is 2.27. The zero-order valence-corrected chi connectivity index (χ0v) is 9.96. The smallest absolute Gasteiger partial charge is 0.0271 e. The third-order valence-electron chi connectivity index (χ3n) is 2.50. The molecule has 0 saturated carbocycles. The Kier molecular flexibility index (Phi) is 3.43. The van der Waals surface area contributed by atoms with Gasteiger partial charge < -0.3 is 0 Å². The van der Waals surface area contributed by atoms with E-state index in [9.17, 15) is 0 Å². The Morgan fingerprint density at radius 1 is 1.08 bits per heavy atom. The van der Waals surface area contributed by atoms with Gasteiger partial charge in [0.2, 0.25) is 0 Å². The van der Waals surface area contributed by atoms with Gasteiger partial charge in [0.05, 0.1) is 0 Å². The molecule has 0 N–H and O–H groups in total. The second kappa shape index (κ2) is 4.19. The zero-order chi connectivity index (χ0) is 10.0. The molecule has 72 valence electrons. The van der Waals surface area contributed by atoms with E-state index in [2.05, 4.69) is 46.1 Å². The lowest BCUT2D eigenvalue weighted by Gasteiger charge is -2.16. The molecule has 13 heavy (non-hydrogen) atoms. The zero-order valence-electron chi connectivity index (χ0n) is 9.14. The average molecular weight is 194 g/mol. The molecule has 1 rings (SSSR count). The summed E-state index contributed by atoms with van der Waals surface area (Å²) in [6.45, 7) is 8.85. The highest BCUT2D eigenvalue weighted by Gasteiger charge is 2.09. The second-order valence-electron chi connectivity index (χ2n) is 3.69. The number of thioether (sulfide) groups is 1. The van der Waals surface area contributed by atoms with E-state index in [1.165, 1.54) is 22.3 Å². The number of rotatable bonds is 2. The predicted octanol–water partition coefficient (Wildman–Crippen LogP) is 4.04. The Bertz CT molecular complexity index is 279. The summed E-state index contributed by atoms with van der Waals surface area (Å²) >= 11 is 1.91. The summed E-state index contributed by atoms with van der Waals surface area (Å²) in [6, 6.07) is 4.55. The van der Waals surface area contributed by atoms with Crippen LogP contribution in [0.2, 0.25) is 0 Å². The molecule has 0 amide bonds. The first kappa shape index (κ1) is 10.6. The van der Waals surface area contributed by atoms with Crippen molar-refractivity contribution in [2.24, 2.45) is 0 Å². The van der Waals surface area contributed by atoms with Gasteiger partial charge >= 0.3 is 0 Å². The van der Waals surface area contributed by atoms with E-state index in [0.29, 0.717) is 5.25 Å². The molecule has 0 bridgehead atoms. The maximum Gasteiger partial charge on any atom is 0.0271 e. The quantitative estimate of drug-likeness (QED) is 0.685. The molecular formula is C12H18S. The first-order valence-corrected chi connectivity index (χ1v) is 5.95. The number of benzene rings is 1. The number of hydrogen-bond donors (Lipinski definition) is 0. The van der Waals surface area contributed by atoms with Crippen LogP contribution in [0.4, 0.5) is 0 Å². The van der Waals surface area contributed by atoms with Crippen molar-refractivity contribution in [3.63, 3.8) is 0 Å². The standard InChI is InChI=1S/C12H18S/c1-8-6-9(2)12(10(3)7-8)11(4)13-5/h6-7,11H,1-5H3. The number of aryl methyl sites for hydroxylation is 3. The summed E-state index contributed by atoms with van der Waals surface area (Å²) in [5.41, 5.74) is 5.74. The van der Waals surface area contributed by atoms with E-state index >= 15 is 0 Å². The molecule has 0 spiro atoms. The van der Waals surface area contributed by atoms with Gasteiger partial charge in [-0.25, -0.2) is 0 Å². The van der Waals surface area contributed by atoms with E-state index in [1.807, 2.05) is 11.8 Å². The molecule has 0 aromatic heterocycles. The highest BCUT2D eigenvalue weighted by Crippen LogP contribution is 2.31. The predicted molar refractivity (Wildman–Crippen MR) is 62.6 cm³/mol. The van der Waals surface area contributed by atoms with Crippen molar-refractivity contribution in [2.45, 2.75) is 32.9 Å². The monoisotopic (exact) mass is 194 g/mol. The van der Waals surface area contributed by atoms with Gasteiger partial charge in [0.1, 0.15) is 0 Å². The van der Waals surface area contributed by atoms with Gasteiger partial charge in [0.25, 0.3) is 0 Å². The molecule has 1 unspecified atom stereocenters. The lowest BCUT2D eigenvalue weighted by atomic mass is 9.98. The summed E-state index contributed by atoms with van der Waals surface area (Å²) < 4.78 is 0. The molecule has 1 heteroatoms. The fraction of sp³-hybridized carbons (Fsp3) is 0.500. The van der Waals surface area contributed by atoms with E-state index < -0.39 is 0 Å². The Labute approximate surface area is 85.7 Å². The Hall–Kier alpha value is -0.430. The minimum Gasteiger partial charge on any atom is -0.157 e. The Morgan fingerprint density at radius 3 is 1.92 bits per heavy atom. The van der Waals surface area contributed by atoms with Gasteiger partial charge in [-0.2, -0.15) is 11.8 Å². The van der Waals surface area contributed by atoms with Crippen LogP contribution in [0.5, 0.6) is 0 Å². The van der Waals surface area contributed by atoms with Crippen molar-refractivity contribution >= 4 is 11.8 Å². The molecule has 1 aromatic rings. The summed E-state index contributed by atoms with van der Waals surface area (Å²) in [7, 11) is 0. The van der Waals surface area contributed by atoms with Crippen LogP contribution in [0.15, 0.2) is 12.1 Å². The fourth-order valence-electron chi connectivity index (χ4n) is 1.95. The molecule has 0 fully saturated rings. The molecule has 0 saturated heterocycles. The summed E-state index contributed by atoms with van der Waals surface area (Å²) in [5.74, 6) is 0. The lowest BCUT2D eigenvalue weighted by Crippen LogP contribution is -1.96. The fourth-order valence-corrected chi connectivity index (χ4v) is 2.56. The van der Waals surface area contributed by atoms with Crippen LogP contribution in [0.3, 0.4) is 0 Å². The van der Waals surface area contributed by atoms with Crippen molar-refractivity contribution < 1.29 is 0 Å². The Morgan fingerprint density at radius 2 is 1.54 bits per heavy atom. The van der Waals surface area contributed by atoms with Crippen LogP contribution in [0.1, 0.15) is 34.4 Å². The van der Waals surface area contributed by atoms with Crippen molar-refractivity contribution in [1.82, 2.24) is 0 Å². The van der Waals surface area contributed by atoms with Gasteiger partial charge in [0.15, 0.2) is 0 Å². The lowest BCUT2D eigenvalue weighted by molar-refractivity contribution is 1.05. The number of hydrogen-bond acceptors (Lipinski definition) is 1. The van der Waals surface area contributed by atoms with E-state index in [0.717, 1.165) is 0 Å². The van der Waals surface area contributed by atoms with Gasteiger partial charge in [-0.05, 0) is 50.6 Å². The van der Waals surface area contributed by atoms with Crippen molar-refractivity contribution in [3.05, 3.63) is 34.4 Å². The molecule has 0 aliphatic heterocycles. The maximum atomic E-state index is 2.27. The second-order valence-corrected chi connectivity index (χ2v) is 4.87. The van der Waals surface area contributed by atoms with Crippen LogP contribution in [-0.4, -0.2) is 6.26 Å². The average Bonchev–Trinajstić information content (AvgIpc) is 2.02. The normalized spacial score (nSPS) is 13.0. The minimum absolute atomic E-state index is 0.612. The molecule has 0 radical (unpaired) electrons. The molecule has 0 heterocycles. The van der Waals surface area contributed by atoms with Gasteiger partial charge in [-0.15, -0.1) is 0 Å². The molecule has 1 atom stereocenters. The molecule has 0 aliphatic carbocycles. The molecule has 0 aliphatic rings. The van der Waals surface area contributed by atoms with Gasteiger partial charge in [0, 0.05) is 5.25 Å². The van der Waals surface area contributed by atoms with Crippen LogP contribution in [-0.2, 0) is 0 Å². The first-order valence-electron chi connectivity index (χ1n) is 4.66. The third-order valence-corrected chi connectivity index (χ3v) is 3.44. The third kappa shape index (κ3) is 2.28. The van der Waals surface area contributed by atoms with Crippen LogP contribution in [0.25, 0.3) is 0 Å². The summed E-state index contributed by atoms with van der Waals surface area (Å²) in [5, 5.41) is 0.612. The van der Waals surface area contributed by atoms with E-state index in [4.69, 9.17) is 0 Å². The van der Waals surface area contributed by atoms with E-state index in [1.54, 1.807) is 0 Å². The Balaban J connectivity index is 3.20.